The van der Waals surface area contributed by atoms with E-state index in [-0.39, 0.29) is 6.04 Å². The molecule has 0 amide bonds. The molecule has 3 rings (SSSR count). The maximum absolute atomic E-state index is 6.16. The molecule has 0 bridgehead atoms. The molecular weight excluding hydrogens is 260 g/mol. The number of nitrogens with zero attached hydrogens (tertiary/aromatic N) is 1. The van der Waals surface area contributed by atoms with E-state index in [1.54, 1.807) is 6.20 Å². The molecule has 0 aliphatic rings. The fourth-order valence-corrected chi connectivity index (χ4v) is 2.23. The molecular formula is C18H18N2O. The number of aryl methyl sites for hydroxylation is 1. The van der Waals surface area contributed by atoms with Gasteiger partial charge in [-0.05, 0) is 30.7 Å². The molecule has 3 nitrogen and oxygen atoms in total. The van der Waals surface area contributed by atoms with E-state index in [9.17, 15) is 0 Å². The molecule has 2 aromatic carbocycles. The van der Waals surface area contributed by atoms with Crippen LogP contribution in [0, 0.1) is 6.92 Å². The predicted octanol–water partition coefficient (Wildman–Crippen LogP) is 3.62. The Bertz CT molecular complexity index is 738. The summed E-state index contributed by atoms with van der Waals surface area (Å²) in [5.74, 6) is 0.795. The minimum atomic E-state index is -0.134. The molecule has 3 heteroatoms. The van der Waals surface area contributed by atoms with Gasteiger partial charge in [0.05, 0.1) is 11.6 Å². The summed E-state index contributed by atoms with van der Waals surface area (Å²) in [6, 6.07) is 17.9. The summed E-state index contributed by atoms with van der Waals surface area (Å²) in [4.78, 5) is 4.33. The van der Waals surface area contributed by atoms with Crippen molar-refractivity contribution in [1.29, 1.82) is 0 Å². The lowest BCUT2D eigenvalue weighted by molar-refractivity contribution is 0.291. The Morgan fingerprint density at radius 3 is 2.71 bits per heavy atom. The Labute approximate surface area is 124 Å². The van der Waals surface area contributed by atoms with Crippen molar-refractivity contribution in [3.63, 3.8) is 0 Å². The Hall–Kier alpha value is -2.39. The van der Waals surface area contributed by atoms with Gasteiger partial charge < -0.3 is 10.5 Å². The molecule has 1 heterocycles. The normalized spacial score (nSPS) is 12.3. The van der Waals surface area contributed by atoms with Gasteiger partial charge in [0.25, 0.3) is 0 Å². The topological polar surface area (TPSA) is 48.1 Å². The maximum atomic E-state index is 6.16. The van der Waals surface area contributed by atoms with E-state index in [0.29, 0.717) is 6.61 Å². The SMILES string of the molecule is Cc1ccc(C(N)COc2ccc3cccnc3c2)cc1. The van der Waals surface area contributed by atoms with Crippen molar-refractivity contribution >= 4 is 10.9 Å². The van der Waals surface area contributed by atoms with Gasteiger partial charge >= 0.3 is 0 Å². The van der Waals surface area contributed by atoms with Gasteiger partial charge in [-0.1, -0.05) is 35.9 Å². The molecule has 1 atom stereocenters. The van der Waals surface area contributed by atoms with Crippen molar-refractivity contribution in [3.8, 4) is 5.75 Å². The molecule has 2 N–H and O–H groups in total. The van der Waals surface area contributed by atoms with E-state index < -0.39 is 0 Å². The van der Waals surface area contributed by atoms with E-state index in [1.807, 2.05) is 42.5 Å². The van der Waals surface area contributed by atoms with Gasteiger partial charge in [0.1, 0.15) is 12.4 Å². The van der Waals surface area contributed by atoms with E-state index in [1.165, 1.54) is 5.56 Å². The molecule has 3 aromatic rings. The number of hydrogen-bond donors (Lipinski definition) is 1. The summed E-state index contributed by atoms with van der Waals surface area (Å²) in [6.07, 6.45) is 1.78. The second kappa shape index (κ2) is 5.94. The van der Waals surface area contributed by atoms with E-state index in [2.05, 4.69) is 24.0 Å². The van der Waals surface area contributed by atoms with Crippen LogP contribution in [0.2, 0.25) is 0 Å². The average Bonchev–Trinajstić information content (AvgIpc) is 2.53. The van der Waals surface area contributed by atoms with E-state index in [4.69, 9.17) is 10.5 Å². The van der Waals surface area contributed by atoms with Gasteiger partial charge in [0.2, 0.25) is 0 Å². The Morgan fingerprint density at radius 1 is 1.10 bits per heavy atom. The number of ether oxygens (including phenoxy) is 1. The molecule has 0 fully saturated rings. The average molecular weight is 278 g/mol. The maximum Gasteiger partial charge on any atom is 0.121 e. The second-order valence-corrected chi connectivity index (χ2v) is 5.19. The van der Waals surface area contributed by atoms with Gasteiger partial charge in [-0.3, -0.25) is 4.98 Å². The third kappa shape index (κ3) is 3.20. The lowest BCUT2D eigenvalue weighted by atomic mass is 10.1. The van der Waals surface area contributed by atoms with Crippen molar-refractivity contribution in [2.75, 3.05) is 6.61 Å². The van der Waals surface area contributed by atoms with Crippen LogP contribution in [0.5, 0.6) is 5.75 Å². The number of pyridine rings is 1. The van der Waals surface area contributed by atoms with Gasteiger partial charge in [-0.15, -0.1) is 0 Å². The first-order valence-corrected chi connectivity index (χ1v) is 7.02. The molecule has 106 valence electrons. The van der Waals surface area contributed by atoms with Crippen LogP contribution in [0.3, 0.4) is 0 Å². The molecule has 0 spiro atoms. The summed E-state index contributed by atoms with van der Waals surface area (Å²) < 4.78 is 5.80. The van der Waals surface area contributed by atoms with Crippen molar-refractivity contribution in [2.24, 2.45) is 5.73 Å². The van der Waals surface area contributed by atoms with Gasteiger partial charge in [-0.2, -0.15) is 0 Å². The number of hydrogen-bond acceptors (Lipinski definition) is 3. The highest BCUT2D eigenvalue weighted by atomic mass is 16.5. The number of nitrogens with two attached hydrogens (primary N) is 1. The van der Waals surface area contributed by atoms with E-state index >= 15 is 0 Å². The molecule has 1 unspecified atom stereocenters. The summed E-state index contributed by atoms with van der Waals surface area (Å²) in [5, 5.41) is 1.10. The monoisotopic (exact) mass is 278 g/mol. The zero-order chi connectivity index (χ0) is 14.7. The Morgan fingerprint density at radius 2 is 1.90 bits per heavy atom. The second-order valence-electron chi connectivity index (χ2n) is 5.19. The molecule has 0 aliphatic heterocycles. The van der Waals surface area contributed by atoms with Crippen LogP contribution in [0.1, 0.15) is 17.2 Å². The standard InChI is InChI=1S/C18H18N2O/c1-13-4-6-14(7-5-13)17(19)12-21-16-9-8-15-3-2-10-20-18(15)11-16/h2-11,17H,12,19H2,1H3. The fourth-order valence-electron chi connectivity index (χ4n) is 2.23. The van der Waals surface area contributed by atoms with Crippen LogP contribution in [0.25, 0.3) is 10.9 Å². The van der Waals surface area contributed by atoms with Crippen molar-refractivity contribution in [1.82, 2.24) is 4.98 Å². The Balaban J connectivity index is 1.69. The smallest absolute Gasteiger partial charge is 0.121 e. The third-order valence-corrected chi connectivity index (χ3v) is 3.51. The summed E-state index contributed by atoms with van der Waals surface area (Å²) >= 11 is 0. The van der Waals surface area contributed by atoms with Gasteiger partial charge in [0.15, 0.2) is 0 Å². The zero-order valence-electron chi connectivity index (χ0n) is 12.0. The van der Waals surface area contributed by atoms with Crippen molar-refractivity contribution < 1.29 is 4.74 Å². The highest BCUT2D eigenvalue weighted by Gasteiger charge is 2.07. The first-order valence-electron chi connectivity index (χ1n) is 7.02. The predicted molar refractivity (Wildman–Crippen MR) is 85.3 cm³/mol. The molecule has 21 heavy (non-hydrogen) atoms. The summed E-state index contributed by atoms with van der Waals surface area (Å²) in [5.41, 5.74) is 9.41. The Kier molecular flexibility index (Phi) is 3.84. The number of benzene rings is 2. The molecule has 0 radical (unpaired) electrons. The molecule has 0 saturated heterocycles. The largest absolute Gasteiger partial charge is 0.492 e. The third-order valence-electron chi connectivity index (χ3n) is 3.51. The quantitative estimate of drug-likeness (QED) is 0.793. The van der Waals surface area contributed by atoms with Crippen LogP contribution in [0.15, 0.2) is 60.8 Å². The van der Waals surface area contributed by atoms with E-state index in [0.717, 1.165) is 22.2 Å². The first-order chi connectivity index (χ1) is 10.2. The number of fused-ring (bicyclic) bond motifs is 1. The molecule has 0 saturated carbocycles. The lowest BCUT2D eigenvalue weighted by Gasteiger charge is -2.14. The summed E-state index contributed by atoms with van der Waals surface area (Å²) in [6.45, 7) is 2.51. The molecule has 0 aliphatic carbocycles. The first kappa shape index (κ1) is 13.6. The summed E-state index contributed by atoms with van der Waals surface area (Å²) in [7, 11) is 0. The van der Waals surface area contributed by atoms with Crippen molar-refractivity contribution in [2.45, 2.75) is 13.0 Å². The van der Waals surface area contributed by atoms with Gasteiger partial charge in [-0.25, -0.2) is 0 Å². The van der Waals surface area contributed by atoms with Gasteiger partial charge in [0, 0.05) is 17.6 Å². The molecule has 1 aromatic heterocycles. The van der Waals surface area contributed by atoms with Crippen LogP contribution >= 0.6 is 0 Å². The minimum absolute atomic E-state index is 0.134. The fraction of sp³-hybridized carbons (Fsp3) is 0.167. The van der Waals surface area contributed by atoms with Crippen LogP contribution in [-0.4, -0.2) is 11.6 Å². The van der Waals surface area contributed by atoms with Crippen LogP contribution < -0.4 is 10.5 Å². The number of rotatable bonds is 4. The van der Waals surface area contributed by atoms with Crippen molar-refractivity contribution in [3.05, 3.63) is 71.9 Å². The van der Waals surface area contributed by atoms with Crippen LogP contribution in [-0.2, 0) is 0 Å². The highest BCUT2D eigenvalue weighted by molar-refractivity contribution is 5.79. The van der Waals surface area contributed by atoms with Crippen LogP contribution in [0.4, 0.5) is 0 Å². The number of aromatic nitrogens is 1. The highest BCUT2D eigenvalue weighted by Crippen LogP contribution is 2.20. The zero-order valence-corrected chi connectivity index (χ0v) is 12.0. The lowest BCUT2D eigenvalue weighted by Crippen LogP contribution is -2.18. The minimum Gasteiger partial charge on any atom is -0.492 e.